The topological polar surface area (TPSA) is 27.7 Å². The number of hydrogen-bond acceptors (Lipinski definition) is 3. The molecule has 0 saturated carbocycles. The van der Waals surface area contributed by atoms with Gasteiger partial charge in [-0.3, -0.25) is 0 Å². The standard InChI is InChI=1S/C15H14Cl2O3/c1-18-13-4-3-5-14(19-2)15(13)20-11-7-6-10(9-16)12(17)8-11/h3-8H,9H2,1-2H3. The van der Waals surface area contributed by atoms with Crippen molar-refractivity contribution >= 4 is 23.2 Å². The van der Waals surface area contributed by atoms with Gasteiger partial charge in [0.15, 0.2) is 11.5 Å². The van der Waals surface area contributed by atoms with Crippen molar-refractivity contribution < 1.29 is 14.2 Å². The van der Waals surface area contributed by atoms with E-state index < -0.39 is 0 Å². The van der Waals surface area contributed by atoms with Gasteiger partial charge < -0.3 is 14.2 Å². The lowest BCUT2D eigenvalue weighted by Gasteiger charge is -2.14. The molecule has 0 aromatic heterocycles. The highest BCUT2D eigenvalue weighted by Crippen LogP contribution is 2.40. The van der Waals surface area contributed by atoms with E-state index in [0.717, 1.165) is 5.56 Å². The Bertz CT molecular complexity index is 577. The molecular formula is C15H14Cl2O3. The Kier molecular flexibility index (Phi) is 4.99. The molecule has 0 spiro atoms. The van der Waals surface area contributed by atoms with Crippen LogP contribution < -0.4 is 14.2 Å². The predicted octanol–water partition coefficient (Wildman–Crippen LogP) is 4.89. The molecule has 2 aromatic rings. The molecule has 3 nitrogen and oxygen atoms in total. The molecule has 0 amide bonds. The van der Waals surface area contributed by atoms with Gasteiger partial charge >= 0.3 is 0 Å². The minimum absolute atomic E-state index is 0.358. The van der Waals surface area contributed by atoms with E-state index in [1.165, 1.54) is 0 Å². The summed E-state index contributed by atoms with van der Waals surface area (Å²) in [5, 5.41) is 0.561. The quantitative estimate of drug-likeness (QED) is 0.736. The molecule has 0 bridgehead atoms. The van der Waals surface area contributed by atoms with Crippen LogP contribution in [-0.2, 0) is 5.88 Å². The summed E-state index contributed by atoms with van der Waals surface area (Å²) in [5.74, 6) is 2.62. The lowest BCUT2D eigenvalue weighted by molar-refractivity contribution is 0.346. The van der Waals surface area contributed by atoms with Gasteiger partial charge in [-0.1, -0.05) is 23.7 Å². The summed E-state index contributed by atoms with van der Waals surface area (Å²) < 4.78 is 16.4. The number of hydrogen-bond donors (Lipinski definition) is 0. The van der Waals surface area contributed by atoms with E-state index in [9.17, 15) is 0 Å². The van der Waals surface area contributed by atoms with Crippen LogP contribution in [0, 0.1) is 0 Å². The highest BCUT2D eigenvalue weighted by atomic mass is 35.5. The highest BCUT2D eigenvalue weighted by molar-refractivity contribution is 6.32. The van der Waals surface area contributed by atoms with Crippen LogP contribution in [0.5, 0.6) is 23.0 Å². The second kappa shape index (κ2) is 6.73. The van der Waals surface area contributed by atoms with E-state index in [-0.39, 0.29) is 0 Å². The second-order valence-corrected chi connectivity index (χ2v) is 4.66. The Balaban J connectivity index is 2.36. The van der Waals surface area contributed by atoms with E-state index in [1.54, 1.807) is 38.5 Å². The summed E-state index contributed by atoms with van der Waals surface area (Å²) >= 11 is 11.9. The molecule has 0 saturated heterocycles. The molecule has 0 fully saturated rings. The average molecular weight is 313 g/mol. The Morgan fingerprint density at radius 3 is 2.15 bits per heavy atom. The van der Waals surface area contributed by atoms with Crippen molar-refractivity contribution in [3.8, 4) is 23.0 Å². The largest absolute Gasteiger partial charge is 0.493 e. The molecule has 0 unspecified atom stereocenters. The number of methoxy groups -OCH3 is 2. The Morgan fingerprint density at radius 1 is 1.00 bits per heavy atom. The fourth-order valence-electron chi connectivity index (χ4n) is 1.74. The highest BCUT2D eigenvalue weighted by Gasteiger charge is 2.13. The molecule has 0 heterocycles. The Hall–Kier alpha value is -1.58. The van der Waals surface area contributed by atoms with E-state index in [1.807, 2.05) is 12.1 Å². The zero-order valence-electron chi connectivity index (χ0n) is 11.2. The van der Waals surface area contributed by atoms with Crippen molar-refractivity contribution in [1.82, 2.24) is 0 Å². The van der Waals surface area contributed by atoms with E-state index in [2.05, 4.69) is 0 Å². The van der Waals surface area contributed by atoms with Crippen molar-refractivity contribution in [3.63, 3.8) is 0 Å². The Morgan fingerprint density at radius 2 is 1.65 bits per heavy atom. The number of alkyl halides is 1. The molecule has 0 N–H and O–H groups in total. The van der Waals surface area contributed by atoms with E-state index in [0.29, 0.717) is 33.9 Å². The van der Waals surface area contributed by atoms with Crippen LogP contribution in [-0.4, -0.2) is 14.2 Å². The van der Waals surface area contributed by atoms with Gasteiger partial charge in [0, 0.05) is 10.9 Å². The first kappa shape index (κ1) is 14.8. The zero-order chi connectivity index (χ0) is 14.5. The molecule has 0 radical (unpaired) electrons. The first-order valence-corrected chi connectivity index (χ1v) is 6.84. The third-order valence-electron chi connectivity index (χ3n) is 2.77. The maximum absolute atomic E-state index is 6.12. The number of ether oxygens (including phenoxy) is 3. The monoisotopic (exact) mass is 312 g/mol. The summed E-state index contributed by atoms with van der Waals surface area (Å²) in [6, 6.07) is 10.8. The summed E-state index contributed by atoms with van der Waals surface area (Å²) in [6.07, 6.45) is 0. The molecular weight excluding hydrogens is 299 g/mol. The summed E-state index contributed by atoms with van der Waals surface area (Å²) in [7, 11) is 3.15. The van der Waals surface area contributed by atoms with E-state index in [4.69, 9.17) is 37.4 Å². The molecule has 0 aliphatic carbocycles. The second-order valence-electron chi connectivity index (χ2n) is 3.98. The lowest BCUT2D eigenvalue weighted by atomic mass is 10.2. The minimum Gasteiger partial charge on any atom is -0.493 e. The zero-order valence-corrected chi connectivity index (χ0v) is 12.7. The van der Waals surface area contributed by atoms with Crippen LogP contribution >= 0.6 is 23.2 Å². The smallest absolute Gasteiger partial charge is 0.210 e. The number of halogens is 2. The fraction of sp³-hybridized carbons (Fsp3) is 0.200. The average Bonchev–Trinajstić information content (AvgIpc) is 2.47. The van der Waals surface area contributed by atoms with Crippen LogP contribution in [0.25, 0.3) is 0 Å². The number of benzene rings is 2. The summed E-state index contributed by atoms with van der Waals surface area (Å²) in [4.78, 5) is 0. The van der Waals surface area contributed by atoms with Crippen LogP contribution in [0.4, 0.5) is 0 Å². The SMILES string of the molecule is COc1cccc(OC)c1Oc1ccc(CCl)c(Cl)c1. The first-order chi connectivity index (χ1) is 9.69. The molecule has 0 atom stereocenters. The van der Waals surface area contributed by atoms with Gasteiger partial charge in [0.1, 0.15) is 5.75 Å². The molecule has 106 valence electrons. The van der Waals surface area contributed by atoms with Gasteiger partial charge in [-0.25, -0.2) is 0 Å². The molecule has 2 rings (SSSR count). The van der Waals surface area contributed by atoms with E-state index >= 15 is 0 Å². The molecule has 0 aliphatic heterocycles. The van der Waals surface area contributed by atoms with Crippen molar-refractivity contribution in [2.24, 2.45) is 0 Å². The molecule has 0 aliphatic rings. The van der Waals surface area contributed by atoms with Gasteiger partial charge in [0.05, 0.1) is 14.2 Å². The molecule has 2 aromatic carbocycles. The van der Waals surface area contributed by atoms with Crippen molar-refractivity contribution in [2.75, 3.05) is 14.2 Å². The molecule has 20 heavy (non-hydrogen) atoms. The van der Waals surface area contributed by atoms with Crippen LogP contribution in [0.3, 0.4) is 0 Å². The number of rotatable bonds is 5. The third kappa shape index (κ3) is 3.11. The van der Waals surface area contributed by atoms with Crippen LogP contribution in [0.15, 0.2) is 36.4 Å². The minimum atomic E-state index is 0.358. The van der Waals surface area contributed by atoms with Crippen LogP contribution in [0.2, 0.25) is 5.02 Å². The van der Waals surface area contributed by atoms with Gasteiger partial charge in [0.2, 0.25) is 5.75 Å². The Labute approximate surface area is 128 Å². The van der Waals surface area contributed by atoms with Crippen molar-refractivity contribution in [2.45, 2.75) is 5.88 Å². The fourth-order valence-corrected chi connectivity index (χ4v) is 2.27. The summed E-state index contributed by atoms with van der Waals surface area (Å²) in [5.41, 5.74) is 0.854. The number of para-hydroxylation sites is 1. The normalized spacial score (nSPS) is 10.2. The first-order valence-electron chi connectivity index (χ1n) is 5.92. The molecule has 5 heteroatoms. The maximum Gasteiger partial charge on any atom is 0.210 e. The lowest BCUT2D eigenvalue weighted by Crippen LogP contribution is -1.94. The van der Waals surface area contributed by atoms with Gasteiger partial charge in [-0.05, 0) is 29.8 Å². The van der Waals surface area contributed by atoms with Crippen molar-refractivity contribution in [3.05, 3.63) is 47.0 Å². The van der Waals surface area contributed by atoms with Gasteiger partial charge in [-0.15, -0.1) is 11.6 Å². The predicted molar refractivity (Wildman–Crippen MR) is 80.6 cm³/mol. The van der Waals surface area contributed by atoms with Gasteiger partial charge in [-0.2, -0.15) is 0 Å². The van der Waals surface area contributed by atoms with Crippen molar-refractivity contribution in [1.29, 1.82) is 0 Å². The van der Waals surface area contributed by atoms with Gasteiger partial charge in [0.25, 0.3) is 0 Å². The maximum atomic E-state index is 6.12. The van der Waals surface area contributed by atoms with Crippen LogP contribution in [0.1, 0.15) is 5.56 Å². The third-order valence-corrected chi connectivity index (χ3v) is 3.41. The summed E-state index contributed by atoms with van der Waals surface area (Å²) in [6.45, 7) is 0.